The van der Waals surface area contributed by atoms with Gasteiger partial charge in [0.1, 0.15) is 17.3 Å². The minimum Gasteiger partial charge on any atom is -0.381 e. The Kier molecular flexibility index (Phi) is 6.59. The van der Waals surface area contributed by atoms with E-state index in [1.807, 2.05) is 16.8 Å². The Morgan fingerprint density at radius 2 is 1.89 bits per heavy atom. The molecule has 5 rings (SSSR count). The van der Waals surface area contributed by atoms with Crippen molar-refractivity contribution in [2.45, 2.75) is 39.3 Å². The lowest BCUT2D eigenvalue weighted by Gasteiger charge is -2.27. The van der Waals surface area contributed by atoms with Gasteiger partial charge in [0, 0.05) is 50.4 Å². The fourth-order valence-corrected chi connectivity index (χ4v) is 4.76. The van der Waals surface area contributed by atoms with Crippen LogP contribution in [0.4, 0.5) is 10.2 Å². The zero-order chi connectivity index (χ0) is 24.4. The van der Waals surface area contributed by atoms with Crippen LogP contribution in [-0.4, -0.2) is 51.2 Å². The molecule has 35 heavy (non-hydrogen) atoms. The van der Waals surface area contributed by atoms with Crippen molar-refractivity contribution in [1.82, 2.24) is 19.7 Å². The van der Waals surface area contributed by atoms with E-state index in [1.165, 1.54) is 12.1 Å². The molecule has 0 spiro atoms. The molecule has 2 aromatic heterocycles. The summed E-state index contributed by atoms with van der Waals surface area (Å²) in [6.45, 7) is 4.53. The van der Waals surface area contributed by atoms with Crippen LogP contribution in [0.3, 0.4) is 0 Å². The zero-order valence-electron chi connectivity index (χ0n) is 19.7. The van der Waals surface area contributed by atoms with Gasteiger partial charge in [0.2, 0.25) is 11.8 Å². The Balaban J connectivity index is 1.48. The first-order valence-corrected chi connectivity index (χ1v) is 11.9. The average Bonchev–Trinajstić information content (AvgIpc) is 3.24. The van der Waals surface area contributed by atoms with E-state index in [1.54, 1.807) is 30.2 Å². The molecule has 1 fully saturated rings. The topological polar surface area (TPSA) is 89.4 Å². The van der Waals surface area contributed by atoms with Crippen LogP contribution >= 0.6 is 0 Å². The monoisotopic (exact) mass is 477 g/mol. The molecule has 0 bridgehead atoms. The highest BCUT2D eigenvalue weighted by molar-refractivity contribution is 5.91. The van der Waals surface area contributed by atoms with Crippen molar-refractivity contribution < 1.29 is 18.7 Å². The first-order chi connectivity index (χ1) is 17.0. The van der Waals surface area contributed by atoms with E-state index in [4.69, 9.17) is 9.84 Å². The lowest BCUT2D eigenvalue weighted by Crippen LogP contribution is -2.37. The van der Waals surface area contributed by atoms with Gasteiger partial charge >= 0.3 is 0 Å². The Morgan fingerprint density at radius 1 is 1.11 bits per heavy atom. The van der Waals surface area contributed by atoms with Gasteiger partial charge in [-0.25, -0.2) is 9.37 Å². The van der Waals surface area contributed by atoms with Gasteiger partial charge in [0.05, 0.1) is 18.8 Å². The quantitative estimate of drug-likeness (QED) is 0.603. The average molecular weight is 478 g/mol. The number of carbonyl (C=O) groups is 2. The van der Waals surface area contributed by atoms with E-state index in [0.717, 1.165) is 35.2 Å². The van der Waals surface area contributed by atoms with Crippen LogP contribution in [0.25, 0.3) is 22.4 Å². The molecule has 0 atom stereocenters. The summed E-state index contributed by atoms with van der Waals surface area (Å²) in [6, 6.07) is 9.92. The van der Waals surface area contributed by atoms with E-state index >= 15 is 0 Å². The fourth-order valence-electron chi connectivity index (χ4n) is 4.76. The molecule has 8 nitrogen and oxygen atoms in total. The number of pyridine rings is 1. The molecule has 9 heteroatoms. The standard InChI is InChI=1S/C26H28FN5O3/c1-17(33)31-10-11-32-22(16-31)25(26(30-32)19-2-4-21(27)5-3-19)20-6-9-28-23(15-20)29-24(34)14-18-7-12-35-13-8-18/h2-6,9,15,18H,7-8,10-14,16H2,1H3,(H,28,29,34). The zero-order valence-corrected chi connectivity index (χ0v) is 19.7. The van der Waals surface area contributed by atoms with Crippen LogP contribution in [0.5, 0.6) is 0 Å². The number of ether oxygens (including phenoxy) is 1. The van der Waals surface area contributed by atoms with Crippen molar-refractivity contribution in [3.05, 3.63) is 54.1 Å². The van der Waals surface area contributed by atoms with Gasteiger partial charge in [-0.3, -0.25) is 14.3 Å². The van der Waals surface area contributed by atoms with Gasteiger partial charge in [-0.2, -0.15) is 5.10 Å². The predicted octanol–water partition coefficient (Wildman–Crippen LogP) is 3.87. The van der Waals surface area contributed by atoms with Crippen molar-refractivity contribution in [1.29, 1.82) is 0 Å². The number of carbonyl (C=O) groups excluding carboxylic acids is 2. The molecule has 3 aromatic rings. The van der Waals surface area contributed by atoms with Crippen LogP contribution in [0, 0.1) is 11.7 Å². The van der Waals surface area contributed by atoms with Crippen LogP contribution in [0.2, 0.25) is 0 Å². The molecule has 4 heterocycles. The molecule has 1 N–H and O–H groups in total. The Hall–Kier alpha value is -3.59. The Morgan fingerprint density at radius 3 is 2.63 bits per heavy atom. The lowest BCUT2D eigenvalue weighted by molar-refractivity contribution is -0.130. The number of amides is 2. The van der Waals surface area contributed by atoms with Crippen molar-refractivity contribution in [2.75, 3.05) is 25.1 Å². The highest BCUT2D eigenvalue weighted by Gasteiger charge is 2.27. The minimum absolute atomic E-state index is 0.00234. The molecule has 0 saturated carbocycles. The molecule has 182 valence electrons. The van der Waals surface area contributed by atoms with Crippen molar-refractivity contribution in [3.8, 4) is 22.4 Å². The van der Waals surface area contributed by atoms with E-state index < -0.39 is 0 Å². The second kappa shape index (κ2) is 9.95. The summed E-state index contributed by atoms with van der Waals surface area (Å²) in [5, 5.41) is 7.76. The van der Waals surface area contributed by atoms with Crippen LogP contribution in [0.15, 0.2) is 42.6 Å². The molecule has 0 unspecified atom stereocenters. The van der Waals surface area contributed by atoms with Crippen molar-refractivity contribution in [3.63, 3.8) is 0 Å². The van der Waals surface area contributed by atoms with Crippen LogP contribution < -0.4 is 5.32 Å². The molecule has 2 amide bonds. The lowest BCUT2D eigenvalue weighted by atomic mass is 9.96. The molecule has 0 radical (unpaired) electrons. The normalized spacial score (nSPS) is 16.1. The highest BCUT2D eigenvalue weighted by Crippen LogP contribution is 2.37. The van der Waals surface area contributed by atoms with Gasteiger partial charge in [-0.15, -0.1) is 0 Å². The van der Waals surface area contributed by atoms with E-state index in [-0.39, 0.29) is 17.6 Å². The Bertz CT molecular complexity index is 1230. The minimum atomic E-state index is -0.319. The number of anilines is 1. The van der Waals surface area contributed by atoms with E-state index in [9.17, 15) is 14.0 Å². The first-order valence-electron chi connectivity index (χ1n) is 11.9. The number of nitrogens with zero attached hydrogens (tertiary/aromatic N) is 4. The third kappa shape index (κ3) is 5.09. The number of hydrogen-bond acceptors (Lipinski definition) is 5. The summed E-state index contributed by atoms with van der Waals surface area (Å²) in [5.74, 6) is 0.393. The maximum atomic E-state index is 13.6. The van der Waals surface area contributed by atoms with Gasteiger partial charge in [0.15, 0.2) is 0 Å². The summed E-state index contributed by atoms with van der Waals surface area (Å²) < 4.78 is 20.9. The van der Waals surface area contributed by atoms with Gasteiger partial charge in [0.25, 0.3) is 0 Å². The number of fused-ring (bicyclic) bond motifs is 1. The van der Waals surface area contributed by atoms with E-state index in [2.05, 4.69) is 10.3 Å². The van der Waals surface area contributed by atoms with Gasteiger partial charge in [-0.05, 0) is 60.7 Å². The second-order valence-corrected chi connectivity index (χ2v) is 9.08. The molecule has 0 aliphatic carbocycles. The Labute approximate surface area is 203 Å². The smallest absolute Gasteiger partial charge is 0.225 e. The van der Waals surface area contributed by atoms with Gasteiger partial charge < -0.3 is 15.0 Å². The summed E-state index contributed by atoms with van der Waals surface area (Å²) in [6.07, 6.45) is 3.87. The molecule has 1 aromatic carbocycles. The number of benzene rings is 1. The molecule has 1 saturated heterocycles. The van der Waals surface area contributed by atoms with E-state index in [0.29, 0.717) is 56.7 Å². The summed E-state index contributed by atoms with van der Waals surface area (Å²) >= 11 is 0. The number of nitrogens with one attached hydrogen (secondary N) is 1. The maximum Gasteiger partial charge on any atom is 0.225 e. The highest BCUT2D eigenvalue weighted by atomic mass is 19.1. The summed E-state index contributed by atoms with van der Waals surface area (Å²) in [7, 11) is 0. The third-order valence-corrected chi connectivity index (χ3v) is 6.67. The molecule has 2 aliphatic rings. The largest absolute Gasteiger partial charge is 0.381 e. The molecule has 2 aliphatic heterocycles. The molecular weight excluding hydrogens is 449 g/mol. The van der Waals surface area contributed by atoms with Gasteiger partial charge in [-0.1, -0.05) is 0 Å². The van der Waals surface area contributed by atoms with Crippen molar-refractivity contribution in [2.24, 2.45) is 5.92 Å². The maximum absolute atomic E-state index is 13.6. The number of hydrogen-bond donors (Lipinski definition) is 1. The second-order valence-electron chi connectivity index (χ2n) is 9.08. The third-order valence-electron chi connectivity index (χ3n) is 6.67. The number of aromatic nitrogens is 3. The SMILES string of the molecule is CC(=O)N1CCn2nc(-c3ccc(F)cc3)c(-c3ccnc(NC(=O)CC4CCOCC4)c3)c2C1. The number of rotatable bonds is 5. The first kappa shape index (κ1) is 23.2. The summed E-state index contributed by atoms with van der Waals surface area (Å²) in [5.41, 5.74) is 4.06. The number of halogens is 1. The van der Waals surface area contributed by atoms with Crippen molar-refractivity contribution >= 4 is 17.6 Å². The predicted molar refractivity (Wildman–Crippen MR) is 129 cm³/mol. The fraction of sp³-hybridized carbons (Fsp3) is 0.385. The van der Waals surface area contributed by atoms with Crippen LogP contribution in [-0.2, 0) is 27.4 Å². The van der Waals surface area contributed by atoms with Crippen LogP contribution in [0.1, 0.15) is 31.9 Å². The summed E-state index contributed by atoms with van der Waals surface area (Å²) in [4.78, 5) is 30.9. The molecular formula is C26H28FN5O3.